The molecule has 15 heteroatoms. The number of phosphoric acid groups is 1. The van der Waals surface area contributed by atoms with Crippen LogP contribution in [0.15, 0.2) is 40.2 Å². The molecule has 2 fully saturated rings. The number of carbonyl (C=O) groups is 1. The van der Waals surface area contributed by atoms with E-state index in [4.69, 9.17) is 18.3 Å². The third kappa shape index (κ3) is 4.69. The Kier molecular flexibility index (Phi) is 6.46. The van der Waals surface area contributed by atoms with Crippen LogP contribution >= 0.6 is 19.6 Å². The molecule has 0 spiro atoms. The number of phosphoric ester groups is 1. The molecule has 36 heavy (non-hydrogen) atoms. The summed E-state index contributed by atoms with van der Waals surface area (Å²) < 4.78 is 64.0. The van der Waals surface area contributed by atoms with Gasteiger partial charge in [0.25, 0.3) is 5.91 Å². The van der Waals surface area contributed by atoms with Crippen LogP contribution in [-0.4, -0.2) is 51.7 Å². The molecule has 1 aromatic heterocycles. The summed E-state index contributed by atoms with van der Waals surface area (Å²) in [7, 11) is -4.23. The fourth-order valence-electron chi connectivity index (χ4n) is 4.05. The summed E-state index contributed by atoms with van der Waals surface area (Å²) in [6, 6.07) is 6.34. The lowest BCUT2D eigenvalue weighted by molar-refractivity contribution is -0.139. The Labute approximate surface area is 208 Å². The van der Waals surface area contributed by atoms with Crippen molar-refractivity contribution in [3.63, 3.8) is 0 Å². The molecule has 3 aliphatic rings. The number of aromatic nitrogens is 2. The molecule has 11 nitrogen and oxygen atoms in total. The van der Waals surface area contributed by atoms with Crippen LogP contribution in [0.3, 0.4) is 0 Å². The van der Waals surface area contributed by atoms with E-state index in [2.05, 4.69) is 15.6 Å². The van der Waals surface area contributed by atoms with Crippen LogP contribution in [-0.2, 0) is 22.9 Å². The summed E-state index contributed by atoms with van der Waals surface area (Å²) in [6.07, 6.45) is -4.89. The van der Waals surface area contributed by atoms with Crippen molar-refractivity contribution >= 4 is 37.0 Å². The van der Waals surface area contributed by atoms with Crippen molar-refractivity contribution in [2.75, 3.05) is 17.2 Å². The lowest BCUT2D eigenvalue weighted by atomic mass is 10.1. The molecular formula is C21H23F2N4O7PS. The van der Waals surface area contributed by atoms with Gasteiger partial charge in [-0.3, -0.25) is 22.9 Å². The van der Waals surface area contributed by atoms with Crippen molar-refractivity contribution in [1.29, 1.82) is 0 Å². The second-order valence-corrected chi connectivity index (χ2v) is 11.7. The second-order valence-electron chi connectivity index (χ2n) is 8.70. The van der Waals surface area contributed by atoms with Crippen LogP contribution in [0.4, 0.5) is 20.3 Å². The summed E-state index contributed by atoms with van der Waals surface area (Å²) >= 11 is 1.63. The number of thioether (sulfide) groups is 1. The van der Waals surface area contributed by atoms with E-state index in [9.17, 15) is 14.2 Å². The van der Waals surface area contributed by atoms with E-state index < -0.39 is 56.5 Å². The number of halogens is 2. The maximum atomic E-state index is 15.2. The highest BCUT2D eigenvalue weighted by molar-refractivity contribution is 8.00. The first-order chi connectivity index (χ1) is 16.9. The van der Waals surface area contributed by atoms with Gasteiger partial charge in [-0.05, 0) is 45.0 Å². The highest BCUT2D eigenvalue weighted by Crippen LogP contribution is 2.60. The van der Waals surface area contributed by atoms with Crippen molar-refractivity contribution in [3.8, 4) is 0 Å². The normalized spacial score (nSPS) is 30.5. The fourth-order valence-corrected chi connectivity index (χ4v) is 6.58. The Bertz CT molecular complexity index is 1310. The Morgan fingerprint density at radius 1 is 1.39 bits per heavy atom. The predicted octanol–water partition coefficient (Wildman–Crippen LogP) is 3.84. The first-order valence-corrected chi connectivity index (χ1v) is 13.4. The average Bonchev–Trinajstić information content (AvgIpc) is 3.28. The number of nitrogens with zero attached hydrogens (tertiary/aromatic N) is 2. The predicted molar refractivity (Wildman–Crippen MR) is 125 cm³/mol. The van der Waals surface area contributed by atoms with Gasteiger partial charge in [-0.25, -0.2) is 9.36 Å². The minimum absolute atomic E-state index is 0.120. The number of nitrogens with one attached hydrogen (secondary N) is 2. The van der Waals surface area contributed by atoms with Gasteiger partial charge >= 0.3 is 19.4 Å². The molecule has 0 aliphatic carbocycles. The van der Waals surface area contributed by atoms with E-state index in [1.54, 1.807) is 37.7 Å². The minimum Gasteiger partial charge on any atom is -0.372 e. The molecule has 3 unspecified atom stereocenters. The van der Waals surface area contributed by atoms with Gasteiger partial charge in [0, 0.05) is 22.3 Å². The fraction of sp³-hybridized carbons (Fsp3) is 0.476. The van der Waals surface area contributed by atoms with Crippen molar-refractivity contribution in [1.82, 2.24) is 9.55 Å². The van der Waals surface area contributed by atoms with Gasteiger partial charge in [-0.15, -0.1) is 0 Å². The van der Waals surface area contributed by atoms with Crippen molar-refractivity contribution < 1.29 is 36.4 Å². The summed E-state index contributed by atoms with van der Waals surface area (Å²) in [5.41, 5.74) is 0.0708. The number of hydrogen-bond acceptors (Lipinski definition) is 10. The van der Waals surface area contributed by atoms with Crippen molar-refractivity contribution in [3.05, 3.63) is 46.5 Å². The maximum absolute atomic E-state index is 15.2. The summed E-state index contributed by atoms with van der Waals surface area (Å²) in [5.74, 6) is -4.40. The smallest absolute Gasteiger partial charge is 0.372 e. The largest absolute Gasteiger partial charge is 0.475 e. The van der Waals surface area contributed by atoms with Crippen LogP contribution in [0, 0.1) is 0 Å². The zero-order valence-corrected chi connectivity index (χ0v) is 21.1. The van der Waals surface area contributed by atoms with Gasteiger partial charge in [0.05, 0.1) is 18.1 Å². The van der Waals surface area contributed by atoms with Gasteiger partial charge in [-0.2, -0.15) is 13.8 Å². The van der Waals surface area contributed by atoms with Crippen LogP contribution < -0.4 is 16.3 Å². The number of amides is 1. The molecular weight excluding hydrogens is 521 g/mol. The molecule has 0 saturated carbocycles. The number of carbonyl (C=O) groups excluding carboxylic acids is 1. The maximum Gasteiger partial charge on any atom is 0.475 e. The molecule has 1 amide bonds. The minimum atomic E-state index is -4.23. The monoisotopic (exact) mass is 544 g/mol. The summed E-state index contributed by atoms with van der Waals surface area (Å²) in [6.45, 7) is 4.63. The third-order valence-electron chi connectivity index (χ3n) is 5.56. The SMILES string of the molecule is CC(C)OP1(=O)OC[C@H]2OC(n3ccc(NC(=O)c4ccc5c(c4)NC(C)S5)nc3=O)C(F)(F)[C@@H]2O1. The van der Waals surface area contributed by atoms with E-state index >= 15 is 8.78 Å². The van der Waals surface area contributed by atoms with Gasteiger partial charge < -0.3 is 15.4 Å². The molecule has 5 atom stereocenters. The average molecular weight is 544 g/mol. The number of benzene rings is 1. The van der Waals surface area contributed by atoms with Gasteiger partial charge in [0.2, 0.25) is 6.23 Å². The Morgan fingerprint density at radius 2 is 2.17 bits per heavy atom. The number of fused-ring (bicyclic) bond motifs is 2. The Morgan fingerprint density at radius 3 is 2.89 bits per heavy atom. The lowest BCUT2D eigenvalue weighted by Gasteiger charge is -2.32. The molecule has 3 aliphatic heterocycles. The number of ether oxygens (including phenoxy) is 1. The summed E-state index contributed by atoms with van der Waals surface area (Å²) in [5, 5.41) is 5.91. The highest BCUT2D eigenvalue weighted by Gasteiger charge is 2.65. The van der Waals surface area contributed by atoms with E-state index in [1.807, 2.05) is 13.0 Å². The van der Waals surface area contributed by atoms with Crippen LogP contribution in [0.2, 0.25) is 0 Å². The van der Waals surface area contributed by atoms with Gasteiger partial charge in [-0.1, -0.05) is 11.8 Å². The molecule has 2 saturated heterocycles. The second kappa shape index (κ2) is 9.19. The van der Waals surface area contributed by atoms with Gasteiger partial charge in [0.1, 0.15) is 11.9 Å². The first kappa shape index (κ1) is 25.3. The van der Waals surface area contributed by atoms with Crippen LogP contribution in [0.5, 0.6) is 0 Å². The zero-order valence-electron chi connectivity index (χ0n) is 19.3. The molecule has 5 rings (SSSR count). The molecule has 0 radical (unpaired) electrons. The standard InChI is InChI=1S/C21H23F2N4O7PS/c1-10(2)33-35(30)31-9-14-17(34-35)21(22,23)19(32-14)27-7-6-16(26-20(27)29)25-18(28)12-4-5-15-13(8-12)24-11(3)36-15/h4-8,10-11,14,17,19,24H,9H2,1-3H3,(H,25,26,28,29)/t11?,14-,17-,19?,35?/m1/s1. The molecule has 0 bridgehead atoms. The van der Waals surface area contributed by atoms with E-state index in [0.29, 0.717) is 10.1 Å². The molecule has 1 aromatic carbocycles. The lowest BCUT2D eigenvalue weighted by Crippen LogP contribution is -2.45. The molecule has 194 valence electrons. The van der Waals surface area contributed by atoms with Crippen molar-refractivity contribution in [2.45, 2.75) is 61.5 Å². The first-order valence-electron chi connectivity index (χ1n) is 11.1. The van der Waals surface area contributed by atoms with E-state index in [1.165, 1.54) is 6.07 Å². The molecule has 2 N–H and O–H groups in total. The summed E-state index contributed by atoms with van der Waals surface area (Å²) in [4.78, 5) is 30.0. The topological polar surface area (TPSA) is 130 Å². The van der Waals surface area contributed by atoms with Gasteiger partial charge in [0.15, 0.2) is 6.10 Å². The van der Waals surface area contributed by atoms with E-state index in [-0.39, 0.29) is 11.2 Å². The van der Waals surface area contributed by atoms with E-state index in [0.717, 1.165) is 16.8 Å². The van der Waals surface area contributed by atoms with Crippen LogP contribution in [0.1, 0.15) is 37.4 Å². The Balaban J connectivity index is 1.32. The Hall–Kier alpha value is -2.35. The highest BCUT2D eigenvalue weighted by atomic mass is 32.2. The third-order valence-corrected chi connectivity index (χ3v) is 8.27. The zero-order chi connectivity index (χ0) is 25.8. The van der Waals surface area contributed by atoms with Crippen LogP contribution in [0.25, 0.3) is 0 Å². The quantitative estimate of drug-likeness (QED) is 0.536. The number of anilines is 2. The molecule has 2 aromatic rings. The number of hydrogen-bond donors (Lipinski definition) is 2. The number of rotatable bonds is 5. The van der Waals surface area contributed by atoms with Crippen molar-refractivity contribution in [2.24, 2.45) is 0 Å². The molecule has 4 heterocycles. The number of alkyl halides is 2.